The summed E-state index contributed by atoms with van der Waals surface area (Å²) in [5.41, 5.74) is 2.51. The highest BCUT2D eigenvalue weighted by molar-refractivity contribution is 6.31. The first-order valence-electron chi connectivity index (χ1n) is 4.88. The van der Waals surface area contributed by atoms with Crippen molar-refractivity contribution in [1.29, 1.82) is 0 Å². The van der Waals surface area contributed by atoms with Gasteiger partial charge in [0.2, 0.25) is 0 Å². The van der Waals surface area contributed by atoms with Gasteiger partial charge in [0.05, 0.1) is 0 Å². The van der Waals surface area contributed by atoms with Gasteiger partial charge in [-0.3, -0.25) is 0 Å². The molecule has 0 bridgehead atoms. The third-order valence-corrected chi connectivity index (χ3v) is 2.92. The van der Waals surface area contributed by atoms with E-state index in [0.717, 1.165) is 22.9 Å². The fourth-order valence-electron chi connectivity index (χ4n) is 1.31. The Hall–Kier alpha value is -0.490. The second kappa shape index (κ2) is 4.66. The van der Waals surface area contributed by atoms with E-state index in [4.69, 9.17) is 11.6 Å². The van der Waals surface area contributed by atoms with Crippen molar-refractivity contribution < 1.29 is 0 Å². The van der Waals surface area contributed by atoms with Crippen LogP contribution in [0.4, 0.5) is 0 Å². The molecule has 1 aromatic carbocycles. The zero-order valence-electron chi connectivity index (χ0n) is 8.60. The van der Waals surface area contributed by atoms with Gasteiger partial charge >= 0.3 is 0 Å². The fraction of sp³-hybridized carbons (Fsp3) is 0.500. The summed E-state index contributed by atoms with van der Waals surface area (Å²) in [7, 11) is 0. The van der Waals surface area contributed by atoms with Crippen molar-refractivity contribution in [3.8, 4) is 0 Å². The predicted octanol–water partition coefficient (Wildman–Crippen LogP) is 4.24. The lowest BCUT2D eigenvalue weighted by Crippen LogP contribution is -1.97. The molecule has 0 fully saturated rings. The molecule has 0 aromatic heterocycles. The molecule has 0 saturated carbocycles. The molecule has 1 aromatic rings. The fourth-order valence-corrected chi connectivity index (χ4v) is 1.51. The summed E-state index contributed by atoms with van der Waals surface area (Å²) in [5, 5.41) is 0.890. The Labute approximate surface area is 85.9 Å². The summed E-state index contributed by atoms with van der Waals surface area (Å²) in [6, 6.07) is 6.36. The van der Waals surface area contributed by atoms with Gasteiger partial charge in [-0.25, -0.2) is 0 Å². The Morgan fingerprint density at radius 3 is 2.62 bits per heavy atom. The molecule has 0 aliphatic rings. The molecule has 0 nitrogen and oxygen atoms in total. The van der Waals surface area contributed by atoms with Crippen LogP contribution in [-0.2, 0) is 6.42 Å². The molecular formula is C12H17Cl. The van der Waals surface area contributed by atoms with Crippen LogP contribution in [0, 0.1) is 12.8 Å². The average Bonchev–Trinajstić information content (AvgIpc) is 2.11. The Kier molecular flexibility index (Phi) is 3.80. The van der Waals surface area contributed by atoms with Crippen LogP contribution in [0.25, 0.3) is 0 Å². The number of hydrogen-bond donors (Lipinski definition) is 0. The van der Waals surface area contributed by atoms with Gasteiger partial charge in [-0.15, -0.1) is 0 Å². The molecule has 1 atom stereocenters. The number of rotatable bonds is 3. The zero-order valence-corrected chi connectivity index (χ0v) is 9.36. The van der Waals surface area contributed by atoms with Gasteiger partial charge in [0.1, 0.15) is 0 Å². The summed E-state index contributed by atoms with van der Waals surface area (Å²) in [6.07, 6.45) is 2.36. The molecule has 0 aliphatic heterocycles. The van der Waals surface area contributed by atoms with Crippen molar-refractivity contribution in [2.45, 2.75) is 33.6 Å². The minimum Gasteiger partial charge on any atom is -0.0840 e. The molecule has 1 heteroatoms. The predicted molar refractivity (Wildman–Crippen MR) is 59.3 cm³/mol. The van der Waals surface area contributed by atoms with E-state index >= 15 is 0 Å². The lowest BCUT2D eigenvalue weighted by Gasteiger charge is -2.09. The van der Waals surface area contributed by atoms with Crippen LogP contribution in [0.5, 0.6) is 0 Å². The molecule has 0 N–H and O–H groups in total. The van der Waals surface area contributed by atoms with Crippen molar-refractivity contribution in [3.63, 3.8) is 0 Å². The van der Waals surface area contributed by atoms with Crippen LogP contribution in [0.1, 0.15) is 31.4 Å². The minimum absolute atomic E-state index is 0.749. The van der Waals surface area contributed by atoms with Gasteiger partial charge < -0.3 is 0 Å². The molecule has 0 spiro atoms. The molecule has 1 rings (SSSR count). The van der Waals surface area contributed by atoms with Gasteiger partial charge in [-0.1, -0.05) is 44.0 Å². The average molecular weight is 197 g/mol. The SMILES string of the molecule is CCC(C)Cc1ccc(C)c(Cl)c1. The summed E-state index contributed by atoms with van der Waals surface area (Å²) in [5.74, 6) is 0.749. The highest BCUT2D eigenvalue weighted by Gasteiger charge is 2.02. The normalized spacial score (nSPS) is 12.9. The van der Waals surface area contributed by atoms with Gasteiger partial charge in [0.25, 0.3) is 0 Å². The second-order valence-electron chi connectivity index (χ2n) is 3.80. The quantitative estimate of drug-likeness (QED) is 0.679. The Morgan fingerprint density at radius 2 is 2.08 bits per heavy atom. The third-order valence-electron chi connectivity index (χ3n) is 2.52. The molecule has 0 aliphatic carbocycles. The monoisotopic (exact) mass is 196 g/mol. The maximum absolute atomic E-state index is 6.04. The van der Waals surface area contributed by atoms with Gasteiger partial charge in [-0.2, -0.15) is 0 Å². The van der Waals surface area contributed by atoms with Crippen LogP contribution in [-0.4, -0.2) is 0 Å². The highest BCUT2D eigenvalue weighted by Crippen LogP contribution is 2.19. The van der Waals surface area contributed by atoms with Crippen LogP contribution in [0.2, 0.25) is 5.02 Å². The molecule has 1 unspecified atom stereocenters. The highest BCUT2D eigenvalue weighted by atomic mass is 35.5. The van der Waals surface area contributed by atoms with E-state index in [9.17, 15) is 0 Å². The molecule has 0 radical (unpaired) electrons. The van der Waals surface area contributed by atoms with Crippen molar-refractivity contribution in [2.75, 3.05) is 0 Å². The lowest BCUT2D eigenvalue weighted by molar-refractivity contribution is 0.560. The van der Waals surface area contributed by atoms with E-state index in [1.807, 2.05) is 6.92 Å². The van der Waals surface area contributed by atoms with Crippen molar-refractivity contribution in [1.82, 2.24) is 0 Å². The minimum atomic E-state index is 0.749. The maximum atomic E-state index is 6.04. The maximum Gasteiger partial charge on any atom is 0.0437 e. The van der Waals surface area contributed by atoms with E-state index in [1.165, 1.54) is 12.0 Å². The van der Waals surface area contributed by atoms with Crippen molar-refractivity contribution >= 4 is 11.6 Å². The smallest absolute Gasteiger partial charge is 0.0437 e. The molecular weight excluding hydrogens is 180 g/mol. The van der Waals surface area contributed by atoms with E-state index < -0.39 is 0 Å². The Balaban J connectivity index is 2.73. The molecule has 0 amide bonds. The lowest BCUT2D eigenvalue weighted by atomic mass is 9.98. The van der Waals surface area contributed by atoms with Crippen LogP contribution < -0.4 is 0 Å². The number of aryl methyl sites for hydroxylation is 1. The largest absolute Gasteiger partial charge is 0.0840 e. The second-order valence-corrected chi connectivity index (χ2v) is 4.21. The van der Waals surface area contributed by atoms with Crippen LogP contribution in [0.3, 0.4) is 0 Å². The number of hydrogen-bond acceptors (Lipinski definition) is 0. The molecule has 13 heavy (non-hydrogen) atoms. The van der Waals surface area contributed by atoms with Crippen LogP contribution >= 0.6 is 11.6 Å². The number of halogens is 1. The van der Waals surface area contributed by atoms with Crippen molar-refractivity contribution in [2.24, 2.45) is 5.92 Å². The standard InChI is InChI=1S/C12H17Cl/c1-4-9(2)7-11-6-5-10(3)12(13)8-11/h5-6,8-9H,4,7H2,1-3H3. The summed E-state index contributed by atoms with van der Waals surface area (Å²) >= 11 is 6.04. The van der Waals surface area contributed by atoms with E-state index in [0.29, 0.717) is 0 Å². The first kappa shape index (κ1) is 10.6. The zero-order chi connectivity index (χ0) is 9.84. The Bertz CT molecular complexity index is 278. The first-order chi connectivity index (χ1) is 6.13. The third kappa shape index (κ3) is 3.04. The molecule has 0 saturated heterocycles. The summed E-state index contributed by atoms with van der Waals surface area (Å²) < 4.78 is 0. The number of benzene rings is 1. The van der Waals surface area contributed by atoms with E-state index in [-0.39, 0.29) is 0 Å². The molecule has 72 valence electrons. The van der Waals surface area contributed by atoms with Crippen molar-refractivity contribution in [3.05, 3.63) is 34.3 Å². The first-order valence-corrected chi connectivity index (χ1v) is 5.26. The van der Waals surface area contributed by atoms with E-state index in [1.54, 1.807) is 0 Å². The topological polar surface area (TPSA) is 0 Å². The van der Waals surface area contributed by atoms with E-state index in [2.05, 4.69) is 32.0 Å². The summed E-state index contributed by atoms with van der Waals surface area (Å²) in [6.45, 7) is 6.53. The van der Waals surface area contributed by atoms with Gasteiger partial charge in [-0.05, 0) is 36.5 Å². The summed E-state index contributed by atoms with van der Waals surface area (Å²) in [4.78, 5) is 0. The molecule has 0 heterocycles. The van der Waals surface area contributed by atoms with Gasteiger partial charge in [0.15, 0.2) is 0 Å². The Morgan fingerprint density at radius 1 is 1.38 bits per heavy atom. The van der Waals surface area contributed by atoms with Crippen LogP contribution in [0.15, 0.2) is 18.2 Å². The van der Waals surface area contributed by atoms with Gasteiger partial charge in [0, 0.05) is 5.02 Å².